The maximum Gasteiger partial charge on any atom is 0.410 e. The van der Waals surface area contributed by atoms with Crippen LogP contribution in [0, 0.1) is 0 Å². The third kappa shape index (κ3) is 3.44. The normalized spacial score (nSPS) is 28.3. The Bertz CT molecular complexity index is 607. The fourth-order valence-electron chi connectivity index (χ4n) is 2.74. The van der Waals surface area contributed by atoms with Gasteiger partial charge in [-0.25, -0.2) is 13.2 Å². The van der Waals surface area contributed by atoms with Crippen LogP contribution in [0.25, 0.3) is 0 Å². The minimum absolute atomic E-state index is 0.0220. The smallest absolute Gasteiger partial charge is 0.410 e. The Labute approximate surface area is 133 Å². The van der Waals surface area contributed by atoms with Crippen LogP contribution in [0.1, 0.15) is 23.0 Å². The SMILES string of the molecule is O=C(O[C@@H]1CCOC1)N1CC[C@H](c2cccs2)S(=O)(=O)CC1. The Kier molecular flexibility index (Phi) is 4.70. The van der Waals surface area contributed by atoms with Crippen LogP contribution in [0.2, 0.25) is 0 Å². The lowest BCUT2D eigenvalue weighted by atomic mass is 10.2. The molecule has 1 amide bonds. The van der Waals surface area contributed by atoms with Crippen molar-refractivity contribution in [1.82, 2.24) is 4.90 Å². The van der Waals surface area contributed by atoms with Gasteiger partial charge in [0.2, 0.25) is 0 Å². The third-order valence-electron chi connectivity index (χ3n) is 4.01. The second-order valence-electron chi connectivity index (χ2n) is 5.52. The number of ether oxygens (including phenoxy) is 2. The number of carbonyl (C=O) groups is 1. The summed E-state index contributed by atoms with van der Waals surface area (Å²) >= 11 is 1.45. The van der Waals surface area contributed by atoms with Crippen molar-refractivity contribution < 1.29 is 22.7 Å². The molecule has 1 aromatic rings. The maximum atomic E-state index is 12.4. The van der Waals surface area contributed by atoms with Crippen LogP contribution in [0.5, 0.6) is 0 Å². The van der Waals surface area contributed by atoms with Crippen molar-refractivity contribution in [2.75, 3.05) is 32.1 Å². The number of hydrogen-bond acceptors (Lipinski definition) is 6. The van der Waals surface area contributed by atoms with Gasteiger partial charge in [0.25, 0.3) is 0 Å². The first kappa shape index (κ1) is 15.8. The van der Waals surface area contributed by atoms with Crippen molar-refractivity contribution >= 4 is 27.3 Å². The Morgan fingerprint density at radius 2 is 2.23 bits per heavy atom. The van der Waals surface area contributed by atoms with Gasteiger partial charge in [0.15, 0.2) is 9.84 Å². The second kappa shape index (κ2) is 6.55. The molecule has 2 saturated heterocycles. The zero-order valence-electron chi connectivity index (χ0n) is 12.1. The number of thiophene rings is 1. The molecular formula is C14H19NO5S2. The van der Waals surface area contributed by atoms with Crippen molar-refractivity contribution in [3.05, 3.63) is 22.4 Å². The van der Waals surface area contributed by atoms with Crippen molar-refractivity contribution in [3.8, 4) is 0 Å². The minimum Gasteiger partial charge on any atom is -0.444 e. The van der Waals surface area contributed by atoms with Gasteiger partial charge in [0.05, 0.1) is 24.2 Å². The van der Waals surface area contributed by atoms with Gasteiger partial charge >= 0.3 is 6.09 Å². The average molecular weight is 345 g/mol. The molecule has 0 unspecified atom stereocenters. The molecule has 8 heteroatoms. The second-order valence-corrected chi connectivity index (χ2v) is 8.80. The molecule has 1 aromatic heterocycles. The van der Waals surface area contributed by atoms with E-state index in [0.29, 0.717) is 32.6 Å². The zero-order valence-corrected chi connectivity index (χ0v) is 13.8. The summed E-state index contributed by atoms with van der Waals surface area (Å²) in [4.78, 5) is 14.5. The summed E-state index contributed by atoms with van der Waals surface area (Å²) < 4.78 is 35.4. The lowest BCUT2D eigenvalue weighted by molar-refractivity contribution is 0.0560. The Balaban J connectivity index is 1.66. The first-order chi connectivity index (χ1) is 10.6. The molecule has 0 spiro atoms. The summed E-state index contributed by atoms with van der Waals surface area (Å²) in [5.74, 6) is -0.0220. The summed E-state index contributed by atoms with van der Waals surface area (Å²) in [5.41, 5.74) is 0. The van der Waals surface area contributed by atoms with Crippen molar-refractivity contribution in [2.24, 2.45) is 0 Å². The lowest BCUT2D eigenvalue weighted by Crippen LogP contribution is -2.36. The lowest BCUT2D eigenvalue weighted by Gasteiger charge is -2.21. The monoisotopic (exact) mass is 345 g/mol. The molecule has 0 saturated carbocycles. The number of hydrogen-bond donors (Lipinski definition) is 0. The molecule has 6 nitrogen and oxygen atoms in total. The molecule has 122 valence electrons. The van der Waals surface area contributed by atoms with E-state index in [9.17, 15) is 13.2 Å². The molecular weight excluding hydrogens is 326 g/mol. The van der Waals surface area contributed by atoms with Gasteiger partial charge < -0.3 is 14.4 Å². The van der Waals surface area contributed by atoms with Gasteiger partial charge in [-0.15, -0.1) is 11.3 Å². The van der Waals surface area contributed by atoms with E-state index in [1.807, 2.05) is 17.5 Å². The molecule has 3 rings (SSSR count). The van der Waals surface area contributed by atoms with Crippen molar-refractivity contribution in [3.63, 3.8) is 0 Å². The summed E-state index contributed by atoms with van der Waals surface area (Å²) in [6.45, 7) is 1.62. The van der Waals surface area contributed by atoms with Crippen LogP contribution in [-0.4, -0.2) is 57.6 Å². The van der Waals surface area contributed by atoms with Gasteiger partial charge in [0.1, 0.15) is 6.10 Å². The molecule has 2 aliphatic heterocycles. The van der Waals surface area contributed by atoms with Crippen molar-refractivity contribution in [1.29, 1.82) is 0 Å². The number of sulfone groups is 1. The molecule has 2 aliphatic rings. The summed E-state index contributed by atoms with van der Waals surface area (Å²) in [5, 5.41) is 1.36. The first-order valence-corrected chi connectivity index (χ1v) is 9.94. The fourth-order valence-corrected chi connectivity index (χ4v) is 5.75. The van der Waals surface area contributed by atoms with E-state index in [1.54, 1.807) is 0 Å². The van der Waals surface area contributed by atoms with Gasteiger partial charge in [-0.2, -0.15) is 0 Å². The van der Waals surface area contributed by atoms with Crippen LogP contribution in [0.3, 0.4) is 0 Å². The standard InChI is InChI=1S/C14H19NO5S2/c16-14(20-11-4-7-19-10-11)15-5-3-13(12-2-1-8-21-12)22(17,18)9-6-15/h1-2,8,11,13H,3-7,9-10H2/t11-,13-/m1/s1. The quantitative estimate of drug-likeness (QED) is 0.818. The molecule has 0 aliphatic carbocycles. The molecule has 0 N–H and O–H groups in total. The van der Waals surface area contributed by atoms with E-state index < -0.39 is 21.2 Å². The van der Waals surface area contributed by atoms with Gasteiger partial charge in [0, 0.05) is 24.4 Å². The van der Waals surface area contributed by atoms with E-state index in [-0.39, 0.29) is 18.4 Å². The Morgan fingerprint density at radius 1 is 1.36 bits per heavy atom. The Morgan fingerprint density at radius 3 is 2.91 bits per heavy atom. The maximum absolute atomic E-state index is 12.4. The molecule has 2 atom stereocenters. The van der Waals surface area contributed by atoms with Gasteiger partial charge in [-0.3, -0.25) is 0 Å². The highest BCUT2D eigenvalue weighted by Gasteiger charge is 2.34. The predicted molar refractivity (Wildman–Crippen MR) is 82.7 cm³/mol. The summed E-state index contributed by atoms with van der Waals surface area (Å²) in [7, 11) is -3.24. The van der Waals surface area contributed by atoms with Crippen LogP contribution in [0.15, 0.2) is 17.5 Å². The molecule has 0 aromatic carbocycles. The largest absolute Gasteiger partial charge is 0.444 e. The summed E-state index contributed by atoms with van der Waals surface area (Å²) in [6.07, 6.45) is 0.479. The first-order valence-electron chi connectivity index (χ1n) is 7.34. The van der Waals surface area contributed by atoms with Crippen LogP contribution < -0.4 is 0 Å². The highest BCUT2D eigenvalue weighted by atomic mass is 32.2. The zero-order chi connectivity index (χ0) is 15.6. The van der Waals surface area contributed by atoms with Crippen LogP contribution in [-0.2, 0) is 19.3 Å². The van der Waals surface area contributed by atoms with E-state index in [2.05, 4.69) is 0 Å². The molecule has 22 heavy (non-hydrogen) atoms. The van der Waals surface area contributed by atoms with E-state index >= 15 is 0 Å². The number of carbonyl (C=O) groups excluding carboxylic acids is 1. The third-order valence-corrected chi connectivity index (χ3v) is 7.26. The topological polar surface area (TPSA) is 72.9 Å². The van der Waals surface area contributed by atoms with E-state index in [4.69, 9.17) is 9.47 Å². The molecule has 3 heterocycles. The predicted octanol–water partition coefficient (Wildman–Crippen LogP) is 1.84. The highest BCUT2D eigenvalue weighted by Crippen LogP contribution is 2.32. The van der Waals surface area contributed by atoms with Gasteiger partial charge in [-0.05, 0) is 17.9 Å². The molecule has 0 radical (unpaired) electrons. The molecule has 0 bridgehead atoms. The average Bonchev–Trinajstić information content (AvgIpc) is 3.13. The van der Waals surface area contributed by atoms with Crippen molar-refractivity contribution in [2.45, 2.75) is 24.2 Å². The van der Waals surface area contributed by atoms with Gasteiger partial charge in [-0.1, -0.05) is 6.07 Å². The summed E-state index contributed by atoms with van der Waals surface area (Å²) in [6, 6.07) is 3.70. The number of nitrogens with zero attached hydrogens (tertiary/aromatic N) is 1. The fraction of sp³-hybridized carbons (Fsp3) is 0.643. The van der Waals surface area contributed by atoms with Crippen LogP contribution in [0.4, 0.5) is 4.79 Å². The molecule has 2 fully saturated rings. The Hall–Kier alpha value is -1.12. The van der Waals surface area contributed by atoms with E-state index in [0.717, 1.165) is 4.88 Å². The highest BCUT2D eigenvalue weighted by molar-refractivity contribution is 7.91. The van der Waals surface area contributed by atoms with Crippen LogP contribution >= 0.6 is 11.3 Å². The minimum atomic E-state index is -3.24. The van der Waals surface area contributed by atoms with E-state index in [1.165, 1.54) is 16.2 Å². The number of rotatable bonds is 2. The number of amides is 1.